The zero-order chi connectivity index (χ0) is 58.1. The first kappa shape index (κ1) is 69.5. The molecule has 442 valence electrons. The summed E-state index contributed by atoms with van der Waals surface area (Å²) in [7, 11) is 1.43. The molecule has 0 unspecified atom stereocenters. The SMILES string of the molecule is CCCCCCCCCCCCCCCC(=O)N[C@@H](Cc1ccccc1)C(=O)N[C@@H](CCCNC(=N)N)C(=O)N[C@@H](CCCCN)C(=O)N[C@@H](CCC(=O)O)C(=O)N[C@@H](CCCNC(=N)N)C(=O)N[C@H](C(=O)NC)[C@@H](C)CC. The lowest BCUT2D eigenvalue weighted by molar-refractivity contribution is -0.138. The van der Waals surface area contributed by atoms with E-state index in [1.165, 1.54) is 58.4 Å². The largest absolute Gasteiger partial charge is 0.481 e. The van der Waals surface area contributed by atoms with Gasteiger partial charge in [0.1, 0.15) is 36.3 Å². The zero-order valence-electron chi connectivity index (χ0n) is 47.2. The molecule has 7 amide bonds. The third-order valence-corrected chi connectivity index (χ3v) is 13.6. The summed E-state index contributed by atoms with van der Waals surface area (Å²) in [4.78, 5) is 109. The van der Waals surface area contributed by atoms with E-state index in [1.807, 2.05) is 37.3 Å². The molecule has 1 aromatic rings. The highest BCUT2D eigenvalue weighted by molar-refractivity contribution is 5.97. The van der Waals surface area contributed by atoms with Crippen LogP contribution in [0.1, 0.15) is 180 Å². The summed E-state index contributed by atoms with van der Waals surface area (Å²) < 4.78 is 0. The molecule has 0 aliphatic carbocycles. The van der Waals surface area contributed by atoms with E-state index in [-0.39, 0.29) is 88.3 Å². The maximum atomic E-state index is 14.4. The first-order valence-corrected chi connectivity index (χ1v) is 28.5. The van der Waals surface area contributed by atoms with Crippen LogP contribution in [0.25, 0.3) is 0 Å². The van der Waals surface area contributed by atoms with Gasteiger partial charge in [-0.2, -0.15) is 0 Å². The number of nitrogens with two attached hydrogens (primary N) is 3. The third-order valence-electron chi connectivity index (χ3n) is 13.6. The van der Waals surface area contributed by atoms with Gasteiger partial charge < -0.3 is 70.2 Å². The Bertz CT molecular complexity index is 1960. The van der Waals surface area contributed by atoms with Crippen molar-refractivity contribution in [1.29, 1.82) is 10.8 Å². The van der Waals surface area contributed by atoms with Crippen LogP contribution in [0.15, 0.2) is 30.3 Å². The number of carboxylic acids is 1. The summed E-state index contributed by atoms with van der Waals surface area (Å²) in [6, 6.07) is 1.63. The predicted molar refractivity (Wildman–Crippen MR) is 304 cm³/mol. The van der Waals surface area contributed by atoms with E-state index >= 15 is 0 Å². The summed E-state index contributed by atoms with van der Waals surface area (Å²) in [6.07, 6.45) is 16.1. The Morgan fingerprint density at radius 2 is 0.936 bits per heavy atom. The topological polar surface area (TPSA) is 391 Å². The van der Waals surface area contributed by atoms with Crippen LogP contribution >= 0.6 is 0 Å². The molecule has 0 saturated carbocycles. The number of guanidine groups is 2. The van der Waals surface area contributed by atoms with E-state index in [2.05, 4.69) is 54.8 Å². The number of aliphatic carboxylic acids is 1. The molecule has 0 radical (unpaired) electrons. The first-order valence-electron chi connectivity index (χ1n) is 28.5. The van der Waals surface area contributed by atoms with Crippen molar-refractivity contribution in [2.45, 2.75) is 218 Å². The number of rotatable bonds is 45. The number of carbonyl (C=O) groups excluding carboxylic acids is 7. The van der Waals surface area contributed by atoms with Gasteiger partial charge in [0.25, 0.3) is 0 Å². The second-order valence-corrected chi connectivity index (χ2v) is 20.2. The zero-order valence-corrected chi connectivity index (χ0v) is 47.2. The number of amides is 7. The summed E-state index contributed by atoms with van der Waals surface area (Å²) in [5.41, 5.74) is 17.5. The van der Waals surface area contributed by atoms with Gasteiger partial charge in [-0.1, -0.05) is 135 Å². The van der Waals surface area contributed by atoms with Crippen molar-refractivity contribution in [3.63, 3.8) is 0 Å². The van der Waals surface area contributed by atoms with E-state index in [0.29, 0.717) is 25.7 Å². The molecule has 1 aromatic carbocycles. The van der Waals surface area contributed by atoms with Crippen molar-refractivity contribution in [3.05, 3.63) is 35.9 Å². The minimum Gasteiger partial charge on any atom is -0.481 e. The Morgan fingerprint density at radius 1 is 0.513 bits per heavy atom. The number of hydrogen-bond acceptors (Lipinski definition) is 11. The summed E-state index contributed by atoms with van der Waals surface area (Å²) in [5, 5.41) is 48.9. The van der Waals surface area contributed by atoms with Crippen LogP contribution < -0.4 is 65.1 Å². The van der Waals surface area contributed by atoms with E-state index < -0.39 is 90.5 Å². The number of carboxylic acid groups (broad SMARTS) is 1. The van der Waals surface area contributed by atoms with Gasteiger partial charge in [0.2, 0.25) is 41.4 Å². The van der Waals surface area contributed by atoms with Crippen molar-refractivity contribution in [1.82, 2.24) is 47.9 Å². The second-order valence-electron chi connectivity index (χ2n) is 20.2. The smallest absolute Gasteiger partial charge is 0.303 e. The van der Waals surface area contributed by atoms with E-state index in [9.17, 15) is 43.5 Å². The highest BCUT2D eigenvalue weighted by atomic mass is 16.4. The number of nitrogens with one attached hydrogen (secondary N) is 11. The monoisotopic (exact) mass is 1100 g/mol. The van der Waals surface area contributed by atoms with Crippen molar-refractivity contribution in [2.24, 2.45) is 23.1 Å². The fourth-order valence-corrected chi connectivity index (χ4v) is 8.72. The van der Waals surface area contributed by atoms with Crippen LogP contribution in [0.4, 0.5) is 0 Å². The van der Waals surface area contributed by atoms with Crippen LogP contribution in [-0.4, -0.2) is 127 Å². The Hall–Kier alpha value is -6.52. The van der Waals surface area contributed by atoms with E-state index in [1.54, 1.807) is 6.92 Å². The van der Waals surface area contributed by atoms with Gasteiger partial charge in [-0.05, 0) is 75.8 Å². The molecule has 23 heteroatoms. The Balaban J connectivity index is 3.39. The molecule has 0 fully saturated rings. The highest BCUT2D eigenvalue weighted by Crippen LogP contribution is 2.15. The highest BCUT2D eigenvalue weighted by Gasteiger charge is 2.34. The third kappa shape index (κ3) is 32.3. The molecule has 7 atom stereocenters. The minimum absolute atomic E-state index is 0.00674. The average Bonchev–Trinajstić information content (AvgIpc) is 3.41. The van der Waals surface area contributed by atoms with Gasteiger partial charge in [0.15, 0.2) is 11.9 Å². The summed E-state index contributed by atoms with van der Waals surface area (Å²) in [5.74, 6) is -6.88. The lowest BCUT2D eigenvalue weighted by Gasteiger charge is -2.28. The summed E-state index contributed by atoms with van der Waals surface area (Å²) >= 11 is 0. The first-order chi connectivity index (χ1) is 37.4. The van der Waals surface area contributed by atoms with Crippen LogP contribution in [0.2, 0.25) is 0 Å². The second kappa shape index (κ2) is 42.5. The van der Waals surface area contributed by atoms with Crippen LogP contribution in [0.5, 0.6) is 0 Å². The van der Waals surface area contributed by atoms with Gasteiger partial charge in [-0.3, -0.25) is 49.2 Å². The number of benzene rings is 1. The number of likely N-dealkylation sites (N-methyl/N-ethyl adjacent to an activating group) is 1. The Kier molecular flexibility index (Phi) is 37.9. The normalized spacial score (nSPS) is 13.7. The molecule has 1 rings (SSSR count). The van der Waals surface area contributed by atoms with Crippen LogP contribution in [0.3, 0.4) is 0 Å². The molecule has 18 N–H and O–H groups in total. The Labute approximate surface area is 463 Å². The summed E-state index contributed by atoms with van der Waals surface area (Å²) in [6.45, 7) is 6.41. The van der Waals surface area contributed by atoms with Crippen molar-refractivity contribution < 1.29 is 43.5 Å². The molecule has 0 aliphatic rings. The molecule has 0 aliphatic heterocycles. The fraction of sp³-hybridized carbons (Fsp3) is 0.709. The average molecular weight is 1100 g/mol. The molecule has 0 heterocycles. The molecule has 0 spiro atoms. The van der Waals surface area contributed by atoms with E-state index in [4.69, 9.17) is 28.0 Å². The molecule has 23 nitrogen and oxygen atoms in total. The van der Waals surface area contributed by atoms with Gasteiger partial charge >= 0.3 is 5.97 Å². The lowest BCUT2D eigenvalue weighted by Crippen LogP contribution is -2.60. The standard InChI is InChI=1S/C55H98N14O9/c1-5-7-8-9-10-11-12-13-14-15-16-17-21-31-45(70)64-44(37-39-26-19-18-20-27-39)52(77)67-41(29-24-35-62-54(57)58)49(74)65-40(28-22-23-34-56)48(73)68-43(32-33-46(71)72)50(75)66-42(30-25-36-63-55(59)60)51(76)69-47(38(3)6-2)53(78)61-4/h18-20,26-27,38,40-44,47H,5-17,21-25,28-37,56H2,1-4H3,(H,61,78)(H,64,70)(H,65,74)(H,66,75)(H,67,77)(H,68,73)(H,69,76)(H,71,72)(H4,57,58,62)(H4,59,60,63)/t38-,40-,41-,42-,43-,44-,47-/m0/s1. The number of unbranched alkanes of at least 4 members (excludes halogenated alkanes) is 13. The van der Waals surface area contributed by atoms with Gasteiger partial charge in [0, 0.05) is 39.4 Å². The Morgan fingerprint density at radius 3 is 1.36 bits per heavy atom. The molecule has 0 bridgehead atoms. The maximum Gasteiger partial charge on any atom is 0.303 e. The fourth-order valence-electron chi connectivity index (χ4n) is 8.72. The minimum atomic E-state index is -1.53. The van der Waals surface area contributed by atoms with Crippen LogP contribution in [0, 0.1) is 16.7 Å². The lowest BCUT2D eigenvalue weighted by atomic mass is 9.97. The van der Waals surface area contributed by atoms with Crippen molar-refractivity contribution >= 4 is 59.2 Å². The quantitative estimate of drug-likeness (QED) is 0.0254. The van der Waals surface area contributed by atoms with E-state index in [0.717, 1.165) is 31.2 Å². The molecule has 0 saturated heterocycles. The van der Waals surface area contributed by atoms with Crippen molar-refractivity contribution in [3.8, 4) is 0 Å². The molecular formula is C55H98N14O9. The maximum absolute atomic E-state index is 14.4. The number of hydrogen-bond donors (Lipinski definition) is 15. The van der Waals surface area contributed by atoms with Crippen molar-refractivity contribution in [2.75, 3.05) is 26.7 Å². The molecule has 0 aromatic heterocycles. The molecule has 78 heavy (non-hydrogen) atoms. The number of carbonyl (C=O) groups is 8. The van der Waals surface area contributed by atoms with Crippen LogP contribution in [-0.2, 0) is 44.8 Å². The van der Waals surface area contributed by atoms with Gasteiger partial charge in [-0.25, -0.2) is 0 Å². The van der Waals surface area contributed by atoms with Gasteiger partial charge in [0.05, 0.1) is 0 Å². The predicted octanol–water partition coefficient (Wildman–Crippen LogP) is 2.93. The van der Waals surface area contributed by atoms with Gasteiger partial charge in [-0.15, -0.1) is 0 Å². The molecular weight excluding hydrogens is 1000 g/mol.